The van der Waals surface area contributed by atoms with Crippen molar-refractivity contribution in [3.05, 3.63) is 82.9 Å². The fourth-order valence-electron chi connectivity index (χ4n) is 4.52. The van der Waals surface area contributed by atoms with Crippen LogP contribution in [0.2, 0.25) is 0 Å². The SMILES string of the molecule is Cc1ccccc1Nc1ncc(C(=O)NCC2CCC(F)(F)C2)cc1NC(=O)c1csc2ccccc12. The smallest absolute Gasteiger partial charge is 0.257 e. The summed E-state index contributed by atoms with van der Waals surface area (Å²) in [5, 5.41) is 11.5. The number of benzene rings is 2. The maximum atomic E-state index is 13.5. The van der Waals surface area contributed by atoms with E-state index in [1.165, 1.54) is 17.5 Å². The van der Waals surface area contributed by atoms with Gasteiger partial charge in [-0.2, -0.15) is 0 Å². The second-order valence-electron chi connectivity index (χ2n) is 9.33. The molecule has 0 bridgehead atoms. The lowest BCUT2D eigenvalue weighted by molar-refractivity contribution is 0.00503. The van der Waals surface area contributed by atoms with E-state index in [2.05, 4.69) is 20.9 Å². The van der Waals surface area contributed by atoms with E-state index in [0.717, 1.165) is 21.3 Å². The van der Waals surface area contributed by atoms with E-state index in [4.69, 9.17) is 0 Å². The van der Waals surface area contributed by atoms with Crippen LogP contribution in [0.15, 0.2) is 66.2 Å². The molecule has 3 N–H and O–H groups in total. The Kier molecular flexibility index (Phi) is 6.88. The van der Waals surface area contributed by atoms with Gasteiger partial charge in [0.1, 0.15) is 0 Å². The number of anilines is 3. The van der Waals surface area contributed by atoms with E-state index in [1.807, 2.05) is 55.5 Å². The number of alkyl halides is 2. The Balaban J connectivity index is 1.40. The van der Waals surface area contributed by atoms with E-state index in [0.29, 0.717) is 23.5 Å². The zero-order valence-corrected chi connectivity index (χ0v) is 21.0. The molecule has 1 atom stereocenters. The van der Waals surface area contributed by atoms with Gasteiger partial charge in [-0.05, 0) is 43.0 Å². The molecule has 2 heterocycles. The van der Waals surface area contributed by atoms with E-state index < -0.39 is 11.8 Å². The second-order valence-corrected chi connectivity index (χ2v) is 10.2. The molecule has 5 rings (SSSR count). The summed E-state index contributed by atoms with van der Waals surface area (Å²) in [5.41, 5.74) is 2.89. The minimum absolute atomic E-state index is 0.151. The lowest BCUT2D eigenvalue weighted by Crippen LogP contribution is -2.29. The maximum absolute atomic E-state index is 13.5. The molecule has 37 heavy (non-hydrogen) atoms. The van der Waals surface area contributed by atoms with Crippen molar-refractivity contribution in [2.45, 2.75) is 32.1 Å². The minimum Gasteiger partial charge on any atom is -0.352 e. The Labute approximate surface area is 217 Å². The number of carbonyl (C=O) groups is 2. The number of carbonyl (C=O) groups excluding carboxylic acids is 2. The first kappa shape index (κ1) is 24.8. The van der Waals surface area contributed by atoms with Gasteiger partial charge in [-0.1, -0.05) is 36.4 Å². The Morgan fingerprint density at radius 3 is 2.65 bits per heavy atom. The van der Waals surface area contributed by atoms with Crippen molar-refractivity contribution in [1.29, 1.82) is 0 Å². The largest absolute Gasteiger partial charge is 0.352 e. The van der Waals surface area contributed by atoms with Crippen LogP contribution in [-0.4, -0.2) is 29.3 Å². The standard InChI is InChI=1S/C28H26F2N4O2S/c1-17-6-2-4-8-22(17)33-25-23(34-27(36)21-16-37-24-9-5-3-7-20(21)24)12-19(15-31-25)26(35)32-14-18-10-11-28(29,30)13-18/h2-9,12,15-16,18H,10-11,13-14H2,1H3,(H,31,33)(H,32,35)(H,34,36). The summed E-state index contributed by atoms with van der Waals surface area (Å²) >= 11 is 1.48. The summed E-state index contributed by atoms with van der Waals surface area (Å²) in [4.78, 5) is 30.6. The quantitative estimate of drug-likeness (QED) is 0.251. The van der Waals surface area contributed by atoms with Gasteiger partial charge < -0.3 is 16.0 Å². The summed E-state index contributed by atoms with van der Waals surface area (Å²) in [6, 6.07) is 16.9. The molecule has 1 aliphatic carbocycles. The highest BCUT2D eigenvalue weighted by molar-refractivity contribution is 7.17. The molecule has 1 saturated carbocycles. The molecule has 0 saturated heterocycles. The number of thiophene rings is 1. The molecule has 4 aromatic rings. The van der Waals surface area contributed by atoms with Gasteiger partial charge >= 0.3 is 0 Å². The highest BCUT2D eigenvalue weighted by atomic mass is 32.1. The number of nitrogens with zero attached hydrogens (tertiary/aromatic N) is 1. The van der Waals surface area contributed by atoms with Crippen molar-refractivity contribution in [3.8, 4) is 0 Å². The summed E-state index contributed by atoms with van der Waals surface area (Å²) in [7, 11) is 0. The molecule has 1 aliphatic rings. The van der Waals surface area contributed by atoms with Crippen molar-refractivity contribution >= 4 is 50.4 Å². The molecule has 0 aliphatic heterocycles. The van der Waals surface area contributed by atoms with Crippen LogP contribution < -0.4 is 16.0 Å². The predicted molar refractivity (Wildman–Crippen MR) is 143 cm³/mol. The van der Waals surface area contributed by atoms with Crippen LogP contribution in [0.4, 0.5) is 26.0 Å². The van der Waals surface area contributed by atoms with Crippen LogP contribution in [-0.2, 0) is 0 Å². The molecule has 0 radical (unpaired) electrons. The van der Waals surface area contributed by atoms with Crippen molar-refractivity contribution in [2.75, 3.05) is 17.2 Å². The van der Waals surface area contributed by atoms with Gasteiger partial charge in [-0.25, -0.2) is 13.8 Å². The number of hydrogen-bond donors (Lipinski definition) is 3. The Hall–Kier alpha value is -3.85. The second kappa shape index (κ2) is 10.3. The van der Waals surface area contributed by atoms with Gasteiger partial charge in [0.2, 0.25) is 5.92 Å². The van der Waals surface area contributed by atoms with E-state index >= 15 is 0 Å². The Bertz CT molecular complexity index is 1470. The topological polar surface area (TPSA) is 83.1 Å². The number of aromatic nitrogens is 1. The van der Waals surface area contributed by atoms with Crippen molar-refractivity contribution < 1.29 is 18.4 Å². The highest BCUT2D eigenvalue weighted by Gasteiger charge is 2.39. The van der Waals surface area contributed by atoms with E-state index in [-0.39, 0.29) is 36.8 Å². The number of rotatable bonds is 7. The van der Waals surface area contributed by atoms with Crippen LogP contribution in [0.5, 0.6) is 0 Å². The Morgan fingerprint density at radius 2 is 1.86 bits per heavy atom. The minimum atomic E-state index is -2.66. The first-order valence-corrected chi connectivity index (χ1v) is 12.9. The molecule has 1 fully saturated rings. The molecule has 6 nitrogen and oxygen atoms in total. The third-order valence-corrected chi connectivity index (χ3v) is 7.54. The molecule has 2 amide bonds. The molecular weight excluding hydrogens is 494 g/mol. The monoisotopic (exact) mass is 520 g/mol. The number of pyridine rings is 1. The van der Waals surface area contributed by atoms with Gasteiger partial charge in [-0.3, -0.25) is 9.59 Å². The number of halogens is 2. The van der Waals surface area contributed by atoms with Crippen LogP contribution >= 0.6 is 11.3 Å². The molecule has 2 aromatic heterocycles. The number of nitrogens with one attached hydrogen (secondary N) is 3. The van der Waals surface area contributed by atoms with Gasteiger partial charge in [0.25, 0.3) is 11.8 Å². The van der Waals surface area contributed by atoms with E-state index in [1.54, 1.807) is 11.4 Å². The molecule has 0 spiro atoms. The number of para-hydroxylation sites is 1. The first-order valence-electron chi connectivity index (χ1n) is 12.1. The average Bonchev–Trinajstić information content (AvgIpc) is 3.47. The molecule has 1 unspecified atom stereocenters. The zero-order valence-electron chi connectivity index (χ0n) is 20.2. The first-order chi connectivity index (χ1) is 17.8. The molecule has 2 aromatic carbocycles. The van der Waals surface area contributed by atoms with Crippen molar-refractivity contribution in [2.24, 2.45) is 5.92 Å². The summed E-state index contributed by atoms with van der Waals surface area (Å²) in [6.45, 7) is 2.12. The average molecular weight is 521 g/mol. The van der Waals surface area contributed by atoms with Gasteiger partial charge in [0.15, 0.2) is 5.82 Å². The van der Waals surface area contributed by atoms with Crippen LogP contribution in [0.25, 0.3) is 10.1 Å². The molecule has 9 heteroatoms. The van der Waals surface area contributed by atoms with E-state index in [9.17, 15) is 18.4 Å². The van der Waals surface area contributed by atoms with Crippen LogP contribution in [0, 0.1) is 12.8 Å². The summed E-state index contributed by atoms with van der Waals surface area (Å²) < 4.78 is 28.0. The lowest BCUT2D eigenvalue weighted by atomic mass is 10.1. The predicted octanol–water partition coefficient (Wildman–Crippen LogP) is 6.77. The zero-order chi connectivity index (χ0) is 26.0. The number of aryl methyl sites for hydroxylation is 1. The van der Waals surface area contributed by atoms with Crippen LogP contribution in [0.1, 0.15) is 45.5 Å². The maximum Gasteiger partial charge on any atom is 0.257 e. The van der Waals surface area contributed by atoms with Gasteiger partial charge in [0.05, 0.1) is 16.8 Å². The summed E-state index contributed by atoms with van der Waals surface area (Å²) in [6.07, 6.45) is 1.41. The van der Waals surface area contributed by atoms with Crippen molar-refractivity contribution in [1.82, 2.24) is 10.3 Å². The number of fused-ring (bicyclic) bond motifs is 1. The van der Waals surface area contributed by atoms with Gasteiger partial charge in [0, 0.05) is 46.7 Å². The van der Waals surface area contributed by atoms with Crippen LogP contribution in [0.3, 0.4) is 0 Å². The fourth-order valence-corrected chi connectivity index (χ4v) is 5.46. The third-order valence-electron chi connectivity index (χ3n) is 6.58. The lowest BCUT2D eigenvalue weighted by Gasteiger charge is -2.16. The Morgan fingerprint density at radius 1 is 1.08 bits per heavy atom. The highest BCUT2D eigenvalue weighted by Crippen LogP contribution is 2.38. The third kappa shape index (κ3) is 5.61. The van der Waals surface area contributed by atoms with Gasteiger partial charge in [-0.15, -0.1) is 11.3 Å². The normalized spacial score (nSPS) is 16.5. The van der Waals surface area contributed by atoms with Crippen molar-refractivity contribution in [3.63, 3.8) is 0 Å². The molecule has 190 valence electrons. The summed E-state index contributed by atoms with van der Waals surface area (Å²) in [5.74, 6) is -3.29. The fraction of sp³-hybridized carbons (Fsp3) is 0.250. The number of amides is 2. The number of hydrogen-bond acceptors (Lipinski definition) is 5. The molecular formula is C28H26F2N4O2S.